The predicted octanol–water partition coefficient (Wildman–Crippen LogP) is 2.19. The van der Waals surface area contributed by atoms with E-state index in [1.165, 1.54) is 25.7 Å². The Balaban J connectivity index is 1.92. The van der Waals surface area contributed by atoms with Gasteiger partial charge in [0.1, 0.15) is 0 Å². The molecule has 2 heteroatoms. The van der Waals surface area contributed by atoms with Crippen molar-refractivity contribution in [3.05, 3.63) is 24.5 Å². The van der Waals surface area contributed by atoms with Crippen LogP contribution in [-0.2, 0) is 0 Å². The number of nitrogens with one attached hydrogen (secondary N) is 1. The second kappa shape index (κ2) is 3.97. The fraction of sp³-hybridized carbons (Fsp3) is 0.636. The monoisotopic (exact) mass is 178 g/mol. The zero-order chi connectivity index (χ0) is 9.10. The lowest BCUT2D eigenvalue weighted by Crippen LogP contribution is -2.30. The summed E-state index contributed by atoms with van der Waals surface area (Å²) in [6.07, 6.45) is 9.65. The highest BCUT2D eigenvalue weighted by Crippen LogP contribution is 2.28. The zero-order valence-electron chi connectivity index (χ0n) is 8.24. The van der Waals surface area contributed by atoms with Crippen LogP contribution in [0.3, 0.4) is 0 Å². The van der Waals surface area contributed by atoms with E-state index in [1.54, 1.807) is 0 Å². The molecule has 1 fully saturated rings. The molecule has 0 amide bonds. The van der Waals surface area contributed by atoms with Gasteiger partial charge in [-0.25, -0.2) is 0 Å². The van der Waals surface area contributed by atoms with Gasteiger partial charge in [-0.2, -0.15) is 0 Å². The molecule has 1 aromatic heterocycles. The molecule has 0 unspecified atom stereocenters. The Bertz CT molecular complexity index is 233. The minimum absolute atomic E-state index is 0.750. The molecule has 0 atom stereocenters. The zero-order valence-corrected chi connectivity index (χ0v) is 8.24. The molecule has 2 nitrogen and oxygen atoms in total. The molecular formula is C11H18N2. The first-order chi connectivity index (χ1) is 6.40. The van der Waals surface area contributed by atoms with Crippen LogP contribution in [0.1, 0.15) is 31.7 Å². The minimum Gasteiger partial charge on any atom is -0.351 e. The van der Waals surface area contributed by atoms with E-state index in [2.05, 4.69) is 41.5 Å². The summed E-state index contributed by atoms with van der Waals surface area (Å²) in [5.41, 5.74) is 0. The van der Waals surface area contributed by atoms with Crippen molar-refractivity contribution in [1.82, 2.24) is 9.88 Å². The summed E-state index contributed by atoms with van der Waals surface area (Å²) in [6, 6.07) is 5.74. The van der Waals surface area contributed by atoms with Crippen molar-refractivity contribution in [2.24, 2.45) is 0 Å². The summed E-state index contributed by atoms with van der Waals surface area (Å²) in [5, 5.41) is 3.36. The van der Waals surface area contributed by atoms with E-state index >= 15 is 0 Å². The number of aromatic nitrogens is 1. The average Bonchev–Trinajstić information content (AvgIpc) is 2.71. The van der Waals surface area contributed by atoms with Gasteiger partial charge in [-0.3, -0.25) is 0 Å². The summed E-state index contributed by atoms with van der Waals surface area (Å²) in [7, 11) is 2.07. The van der Waals surface area contributed by atoms with Crippen LogP contribution in [0.2, 0.25) is 0 Å². The molecule has 1 heterocycles. The fourth-order valence-corrected chi connectivity index (χ4v) is 2.25. The average molecular weight is 178 g/mol. The van der Waals surface area contributed by atoms with Gasteiger partial charge >= 0.3 is 0 Å². The summed E-state index contributed by atoms with van der Waals surface area (Å²) < 4.78 is 2.35. The van der Waals surface area contributed by atoms with Gasteiger partial charge in [-0.15, -0.1) is 0 Å². The van der Waals surface area contributed by atoms with Crippen molar-refractivity contribution in [3.8, 4) is 0 Å². The molecule has 1 aliphatic rings. The molecule has 2 rings (SSSR count). The number of nitrogens with zero attached hydrogens (tertiary/aromatic N) is 1. The molecule has 1 aromatic rings. The van der Waals surface area contributed by atoms with Gasteiger partial charge in [-0.05, 0) is 44.9 Å². The predicted molar refractivity (Wildman–Crippen MR) is 54.8 cm³/mol. The van der Waals surface area contributed by atoms with Gasteiger partial charge in [0.2, 0.25) is 0 Å². The Kier molecular flexibility index (Phi) is 2.69. The lowest BCUT2D eigenvalue weighted by Gasteiger charge is -2.29. The van der Waals surface area contributed by atoms with Crippen LogP contribution in [-0.4, -0.2) is 17.7 Å². The maximum absolute atomic E-state index is 3.36. The van der Waals surface area contributed by atoms with E-state index in [9.17, 15) is 0 Å². The maximum Gasteiger partial charge on any atom is 0.0331 e. The van der Waals surface area contributed by atoms with Crippen LogP contribution in [0.4, 0.5) is 0 Å². The van der Waals surface area contributed by atoms with E-state index in [-0.39, 0.29) is 0 Å². The van der Waals surface area contributed by atoms with Crippen LogP contribution in [0.15, 0.2) is 24.5 Å². The molecule has 1 saturated carbocycles. The van der Waals surface area contributed by atoms with Crippen molar-refractivity contribution in [3.63, 3.8) is 0 Å². The van der Waals surface area contributed by atoms with Gasteiger partial charge in [0, 0.05) is 24.5 Å². The van der Waals surface area contributed by atoms with Crippen molar-refractivity contribution in [2.45, 2.75) is 37.8 Å². The number of hydrogen-bond donors (Lipinski definition) is 1. The molecule has 0 spiro atoms. The second-order valence-corrected chi connectivity index (χ2v) is 3.92. The molecule has 72 valence electrons. The highest BCUT2D eigenvalue weighted by atomic mass is 15.0. The third-order valence-electron chi connectivity index (χ3n) is 3.15. The lowest BCUT2D eigenvalue weighted by atomic mass is 9.91. The highest BCUT2D eigenvalue weighted by Gasteiger charge is 2.19. The first-order valence-electron chi connectivity index (χ1n) is 5.20. The minimum atomic E-state index is 0.750. The largest absolute Gasteiger partial charge is 0.351 e. The van der Waals surface area contributed by atoms with Crippen LogP contribution >= 0.6 is 0 Å². The molecule has 0 bridgehead atoms. The number of rotatable bonds is 2. The SMILES string of the molecule is CNC1CCC(n2cccc2)CC1. The molecule has 0 aromatic carbocycles. The third-order valence-corrected chi connectivity index (χ3v) is 3.15. The Morgan fingerprint density at radius 3 is 2.23 bits per heavy atom. The first kappa shape index (κ1) is 8.82. The van der Waals surface area contributed by atoms with Crippen molar-refractivity contribution in [1.29, 1.82) is 0 Å². The molecule has 13 heavy (non-hydrogen) atoms. The first-order valence-corrected chi connectivity index (χ1v) is 5.20. The van der Waals surface area contributed by atoms with E-state index in [0.29, 0.717) is 0 Å². The molecule has 0 saturated heterocycles. The Morgan fingerprint density at radius 1 is 1.08 bits per heavy atom. The standard InChI is InChI=1S/C11H18N2/c1-12-10-4-6-11(7-5-10)13-8-2-3-9-13/h2-3,8-12H,4-7H2,1H3. The van der Waals surface area contributed by atoms with Crippen molar-refractivity contribution < 1.29 is 0 Å². The van der Waals surface area contributed by atoms with Gasteiger partial charge in [0.15, 0.2) is 0 Å². The molecular weight excluding hydrogens is 160 g/mol. The highest BCUT2D eigenvalue weighted by molar-refractivity contribution is 4.94. The smallest absolute Gasteiger partial charge is 0.0331 e. The normalized spacial score (nSPS) is 29.0. The Morgan fingerprint density at radius 2 is 1.69 bits per heavy atom. The fourth-order valence-electron chi connectivity index (χ4n) is 2.25. The Labute approximate surface area is 79.9 Å². The molecule has 1 N–H and O–H groups in total. The van der Waals surface area contributed by atoms with Crippen molar-refractivity contribution in [2.75, 3.05) is 7.05 Å². The number of hydrogen-bond acceptors (Lipinski definition) is 1. The van der Waals surface area contributed by atoms with Gasteiger partial charge in [0.25, 0.3) is 0 Å². The van der Waals surface area contributed by atoms with Gasteiger partial charge < -0.3 is 9.88 Å². The summed E-state index contributed by atoms with van der Waals surface area (Å²) in [4.78, 5) is 0. The summed E-state index contributed by atoms with van der Waals surface area (Å²) in [5.74, 6) is 0. The van der Waals surface area contributed by atoms with Crippen LogP contribution in [0, 0.1) is 0 Å². The van der Waals surface area contributed by atoms with E-state index < -0.39 is 0 Å². The quantitative estimate of drug-likeness (QED) is 0.734. The lowest BCUT2D eigenvalue weighted by molar-refractivity contribution is 0.301. The van der Waals surface area contributed by atoms with Gasteiger partial charge in [0.05, 0.1) is 0 Å². The van der Waals surface area contributed by atoms with Crippen LogP contribution in [0.25, 0.3) is 0 Å². The molecule has 0 radical (unpaired) electrons. The molecule has 1 aliphatic carbocycles. The van der Waals surface area contributed by atoms with Crippen LogP contribution < -0.4 is 5.32 Å². The van der Waals surface area contributed by atoms with E-state index in [1.807, 2.05) is 0 Å². The maximum atomic E-state index is 3.36. The van der Waals surface area contributed by atoms with E-state index in [0.717, 1.165) is 12.1 Å². The van der Waals surface area contributed by atoms with Crippen LogP contribution in [0.5, 0.6) is 0 Å². The summed E-state index contributed by atoms with van der Waals surface area (Å²) in [6.45, 7) is 0. The van der Waals surface area contributed by atoms with Gasteiger partial charge in [-0.1, -0.05) is 0 Å². The second-order valence-electron chi connectivity index (χ2n) is 3.92. The van der Waals surface area contributed by atoms with E-state index in [4.69, 9.17) is 0 Å². The molecule has 0 aliphatic heterocycles. The summed E-state index contributed by atoms with van der Waals surface area (Å²) >= 11 is 0. The topological polar surface area (TPSA) is 17.0 Å². The third kappa shape index (κ3) is 1.94. The Hall–Kier alpha value is -0.760. The van der Waals surface area contributed by atoms with Crippen molar-refractivity contribution >= 4 is 0 Å².